The largest absolute Gasteiger partial charge is 0.494 e. The average Bonchev–Trinajstić information content (AvgIpc) is 2.73. The summed E-state index contributed by atoms with van der Waals surface area (Å²) in [5.41, 5.74) is 1.27. The highest BCUT2D eigenvalue weighted by Gasteiger charge is 2.22. The van der Waals surface area contributed by atoms with Gasteiger partial charge in [0.1, 0.15) is 5.82 Å². The van der Waals surface area contributed by atoms with Crippen LogP contribution in [0.1, 0.15) is 28.8 Å². The number of Topliss-reactive ketones (excluding diaryl/α,β-unsaturated/α-hetero) is 1. The van der Waals surface area contributed by atoms with E-state index in [1.54, 1.807) is 11.0 Å². The number of hydrogen-bond acceptors (Lipinski definition) is 4. The molecule has 1 aliphatic rings. The Bertz CT molecular complexity index is 863. The molecule has 1 saturated heterocycles. The molecule has 154 valence electrons. The van der Waals surface area contributed by atoms with E-state index in [0.29, 0.717) is 38.3 Å². The summed E-state index contributed by atoms with van der Waals surface area (Å²) >= 11 is 0. The SMILES string of the molecule is COc1ccc(CN2CCN(C(=O)CCC(=O)c3ccc(F)cc3)CC2)cc1F. The van der Waals surface area contributed by atoms with Crippen molar-refractivity contribution in [2.45, 2.75) is 19.4 Å². The van der Waals surface area contributed by atoms with E-state index >= 15 is 0 Å². The molecule has 1 aliphatic heterocycles. The first kappa shape index (κ1) is 20.9. The molecule has 1 amide bonds. The van der Waals surface area contributed by atoms with E-state index in [2.05, 4.69) is 4.90 Å². The van der Waals surface area contributed by atoms with Crippen LogP contribution >= 0.6 is 0 Å². The fraction of sp³-hybridized carbons (Fsp3) is 0.364. The van der Waals surface area contributed by atoms with Crippen LogP contribution in [0.25, 0.3) is 0 Å². The lowest BCUT2D eigenvalue weighted by atomic mass is 10.1. The van der Waals surface area contributed by atoms with Gasteiger partial charge < -0.3 is 9.64 Å². The highest BCUT2D eigenvalue weighted by Crippen LogP contribution is 2.19. The number of rotatable bonds is 7. The van der Waals surface area contributed by atoms with Crippen molar-refractivity contribution in [1.29, 1.82) is 0 Å². The Hall–Kier alpha value is -2.80. The van der Waals surface area contributed by atoms with Crippen molar-refractivity contribution in [3.05, 3.63) is 65.2 Å². The molecule has 3 rings (SSSR count). The molecular formula is C22H24F2N2O3. The summed E-state index contributed by atoms with van der Waals surface area (Å²) in [4.78, 5) is 28.4. The minimum Gasteiger partial charge on any atom is -0.494 e. The Balaban J connectivity index is 1.44. The fourth-order valence-corrected chi connectivity index (χ4v) is 3.38. The van der Waals surface area contributed by atoms with Gasteiger partial charge in [0.15, 0.2) is 17.3 Å². The topological polar surface area (TPSA) is 49.9 Å². The van der Waals surface area contributed by atoms with Gasteiger partial charge in [-0.05, 0) is 42.0 Å². The fourth-order valence-electron chi connectivity index (χ4n) is 3.38. The van der Waals surface area contributed by atoms with Gasteiger partial charge in [0.2, 0.25) is 5.91 Å². The molecule has 0 radical (unpaired) electrons. The zero-order valence-corrected chi connectivity index (χ0v) is 16.4. The van der Waals surface area contributed by atoms with E-state index in [0.717, 1.165) is 5.56 Å². The zero-order chi connectivity index (χ0) is 20.8. The molecule has 0 aliphatic carbocycles. The lowest BCUT2D eigenvalue weighted by Crippen LogP contribution is -2.48. The molecular weight excluding hydrogens is 378 g/mol. The van der Waals surface area contributed by atoms with Crippen LogP contribution in [0, 0.1) is 11.6 Å². The Morgan fingerprint density at radius 3 is 2.28 bits per heavy atom. The second-order valence-electron chi connectivity index (χ2n) is 7.06. The summed E-state index contributed by atoms with van der Waals surface area (Å²) < 4.78 is 31.7. The van der Waals surface area contributed by atoms with Crippen molar-refractivity contribution in [2.75, 3.05) is 33.3 Å². The molecule has 1 fully saturated rings. The molecule has 2 aromatic carbocycles. The maximum Gasteiger partial charge on any atom is 0.223 e. The molecule has 2 aromatic rings. The minimum absolute atomic E-state index is 0.0596. The van der Waals surface area contributed by atoms with Gasteiger partial charge in [-0.1, -0.05) is 6.07 Å². The van der Waals surface area contributed by atoms with Gasteiger partial charge in [0.25, 0.3) is 0 Å². The van der Waals surface area contributed by atoms with E-state index in [4.69, 9.17) is 4.74 Å². The summed E-state index contributed by atoms with van der Waals surface area (Å²) in [5.74, 6) is -0.786. The summed E-state index contributed by atoms with van der Waals surface area (Å²) in [5, 5.41) is 0. The van der Waals surface area contributed by atoms with E-state index in [-0.39, 0.29) is 36.1 Å². The number of nitrogens with zero attached hydrogens (tertiary/aromatic N) is 2. The van der Waals surface area contributed by atoms with Gasteiger partial charge in [-0.2, -0.15) is 0 Å². The van der Waals surface area contributed by atoms with Crippen LogP contribution in [0.4, 0.5) is 8.78 Å². The monoisotopic (exact) mass is 402 g/mol. The van der Waals surface area contributed by atoms with Crippen molar-refractivity contribution < 1.29 is 23.1 Å². The third-order valence-electron chi connectivity index (χ3n) is 5.08. The molecule has 5 nitrogen and oxygen atoms in total. The third-order valence-corrected chi connectivity index (χ3v) is 5.08. The van der Waals surface area contributed by atoms with Crippen molar-refractivity contribution >= 4 is 11.7 Å². The van der Waals surface area contributed by atoms with Crippen LogP contribution in [0.15, 0.2) is 42.5 Å². The van der Waals surface area contributed by atoms with E-state index in [9.17, 15) is 18.4 Å². The summed E-state index contributed by atoms with van der Waals surface area (Å²) in [6.45, 7) is 3.12. The highest BCUT2D eigenvalue weighted by molar-refractivity contribution is 5.97. The molecule has 7 heteroatoms. The van der Waals surface area contributed by atoms with Crippen LogP contribution in [0.3, 0.4) is 0 Å². The molecule has 0 saturated carbocycles. The number of methoxy groups -OCH3 is 1. The smallest absolute Gasteiger partial charge is 0.223 e. The van der Waals surface area contributed by atoms with Crippen LogP contribution < -0.4 is 4.74 Å². The number of carbonyl (C=O) groups is 2. The van der Waals surface area contributed by atoms with Crippen LogP contribution in [-0.2, 0) is 11.3 Å². The standard InChI is InChI=1S/C22H24F2N2O3/c1-29-21-8-2-16(14-19(21)24)15-25-10-12-26(13-11-25)22(28)9-7-20(27)17-3-5-18(23)6-4-17/h2-6,8,14H,7,9-13,15H2,1H3. The number of amides is 1. The first-order valence-corrected chi connectivity index (χ1v) is 9.57. The van der Waals surface area contributed by atoms with Gasteiger partial charge in [0.05, 0.1) is 7.11 Å². The number of piperazine rings is 1. The summed E-state index contributed by atoms with van der Waals surface area (Å²) in [6.07, 6.45) is 0.246. The molecule has 0 N–H and O–H groups in total. The molecule has 29 heavy (non-hydrogen) atoms. The van der Waals surface area contributed by atoms with Gasteiger partial charge >= 0.3 is 0 Å². The van der Waals surface area contributed by atoms with E-state index in [1.165, 1.54) is 37.4 Å². The van der Waals surface area contributed by atoms with Crippen LogP contribution in [-0.4, -0.2) is 54.8 Å². The number of hydrogen-bond donors (Lipinski definition) is 0. The van der Waals surface area contributed by atoms with Crippen molar-refractivity contribution in [1.82, 2.24) is 9.80 Å². The lowest BCUT2D eigenvalue weighted by Gasteiger charge is -2.34. The number of ketones is 1. The Morgan fingerprint density at radius 1 is 0.966 bits per heavy atom. The zero-order valence-electron chi connectivity index (χ0n) is 16.4. The van der Waals surface area contributed by atoms with Gasteiger partial charge in [-0.3, -0.25) is 14.5 Å². The molecule has 0 aromatic heterocycles. The molecule has 0 atom stereocenters. The highest BCUT2D eigenvalue weighted by atomic mass is 19.1. The van der Waals surface area contributed by atoms with Gasteiger partial charge in [-0.15, -0.1) is 0 Å². The first-order chi connectivity index (χ1) is 14.0. The van der Waals surface area contributed by atoms with E-state index < -0.39 is 5.82 Å². The van der Waals surface area contributed by atoms with E-state index in [1.807, 2.05) is 6.07 Å². The van der Waals surface area contributed by atoms with Crippen molar-refractivity contribution in [2.24, 2.45) is 0 Å². The Labute approximate surface area is 168 Å². The van der Waals surface area contributed by atoms with Gasteiger partial charge in [0, 0.05) is 51.1 Å². The number of ether oxygens (including phenoxy) is 1. The Morgan fingerprint density at radius 2 is 1.66 bits per heavy atom. The predicted molar refractivity (Wildman–Crippen MR) is 105 cm³/mol. The van der Waals surface area contributed by atoms with Gasteiger partial charge in [-0.25, -0.2) is 8.78 Å². The van der Waals surface area contributed by atoms with Crippen LogP contribution in [0.2, 0.25) is 0 Å². The van der Waals surface area contributed by atoms with Crippen LogP contribution in [0.5, 0.6) is 5.75 Å². The van der Waals surface area contributed by atoms with Crippen molar-refractivity contribution in [3.8, 4) is 5.75 Å². The lowest BCUT2D eigenvalue weighted by molar-refractivity contribution is -0.132. The molecule has 0 bridgehead atoms. The summed E-state index contributed by atoms with van der Waals surface area (Å²) in [7, 11) is 1.43. The number of halogens is 2. The minimum atomic E-state index is -0.395. The quantitative estimate of drug-likeness (QED) is 0.667. The average molecular weight is 402 g/mol. The number of carbonyl (C=O) groups excluding carboxylic acids is 2. The third kappa shape index (κ3) is 5.60. The number of benzene rings is 2. The normalized spacial score (nSPS) is 14.7. The summed E-state index contributed by atoms with van der Waals surface area (Å²) in [6, 6.07) is 10.3. The predicted octanol–water partition coefficient (Wildman–Crippen LogP) is 3.28. The second-order valence-corrected chi connectivity index (χ2v) is 7.06. The maximum atomic E-state index is 13.8. The molecule has 0 unspecified atom stereocenters. The second kappa shape index (κ2) is 9.60. The Kier molecular flexibility index (Phi) is 6.93. The molecule has 1 heterocycles. The van der Waals surface area contributed by atoms with Crippen molar-refractivity contribution in [3.63, 3.8) is 0 Å². The molecule has 0 spiro atoms. The first-order valence-electron chi connectivity index (χ1n) is 9.57. The maximum absolute atomic E-state index is 13.8.